The monoisotopic (exact) mass is 178 g/mol. The molecule has 0 aliphatic carbocycles. The van der Waals surface area contributed by atoms with E-state index in [-0.39, 0.29) is 0 Å². The molecule has 0 saturated carbocycles. The number of carboxylic acid groups (broad SMARTS) is 1. The van der Waals surface area contributed by atoms with Crippen molar-refractivity contribution in [1.82, 2.24) is 0 Å². The second kappa shape index (κ2) is 3.76. The molecule has 0 heterocycles. The maximum Gasteiger partial charge on any atom is 0.511 e. The fraction of sp³-hybridized carbons (Fsp3) is 0.100. The minimum Gasteiger partial charge on any atom is -0.449 e. The summed E-state index contributed by atoms with van der Waals surface area (Å²) in [6, 6.07) is 6.72. The summed E-state index contributed by atoms with van der Waals surface area (Å²) in [5.74, 6) is 0.317. The third-order valence-corrected chi connectivity index (χ3v) is 1.55. The Morgan fingerprint density at radius 2 is 1.92 bits per heavy atom. The largest absolute Gasteiger partial charge is 0.511 e. The third-order valence-electron chi connectivity index (χ3n) is 1.55. The highest BCUT2D eigenvalue weighted by molar-refractivity contribution is 5.64. The SMILES string of the molecule is C=C(C)c1ccc(OC(=O)O)cc1. The van der Waals surface area contributed by atoms with Gasteiger partial charge in [0, 0.05) is 0 Å². The lowest BCUT2D eigenvalue weighted by atomic mass is 10.1. The molecule has 0 saturated heterocycles. The lowest BCUT2D eigenvalue weighted by molar-refractivity contribution is 0.144. The van der Waals surface area contributed by atoms with Crippen molar-refractivity contribution < 1.29 is 14.6 Å². The van der Waals surface area contributed by atoms with Gasteiger partial charge < -0.3 is 9.84 Å². The molecule has 0 spiro atoms. The molecule has 3 nitrogen and oxygen atoms in total. The Balaban J connectivity index is 2.81. The molecule has 0 atom stereocenters. The Kier molecular flexibility index (Phi) is 2.69. The van der Waals surface area contributed by atoms with Gasteiger partial charge in [0.15, 0.2) is 0 Å². The van der Waals surface area contributed by atoms with Crippen LogP contribution in [-0.2, 0) is 0 Å². The van der Waals surface area contributed by atoms with Crippen LogP contribution in [0.15, 0.2) is 30.8 Å². The number of rotatable bonds is 2. The Morgan fingerprint density at radius 1 is 1.38 bits per heavy atom. The van der Waals surface area contributed by atoms with Crippen LogP contribution in [-0.4, -0.2) is 11.3 Å². The van der Waals surface area contributed by atoms with Crippen molar-refractivity contribution >= 4 is 11.7 Å². The van der Waals surface area contributed by atoms with Gasteiger partial charge in [0.2, 0.25) is 0 Å². The normalized spacial score (nSPS) is 9.31. The molecule has 0 aromatic heterocycles. The number of ether oxygens (including phenoxy) is 1. The fourth-order valence-electron chi connectivity index (χ4n) is 0.908. The van der Waals surface area contributed by atoms with Crippen LogP contribution in [0.3, 0.4) is 0 Å². The quantitative estimate of drug-likeness (QED) is 0.559. The summed E-state index contributed by atoms with van der Waals surface area (Å²) in [4.78, 5) is 10.1. The van der Waals surface area contributed by atoms with E-state index in [1.165, 1.54) is 0 Å². The number of allylic oxidation sites excluding steroid dienone is 1. The minimum absolute atomic E-state index is 0.317. The molecule has 1 rings (SSSR count). The van der Waals surface area contributed by atoms with Crippen molar-refractivity contribution in [1.29, 1.82) is 0 Å². The van der Waals surface area contributed by atoms with Gasteiger partial charge in [-0.2, -0.15) is 0 Å². The van der Waals surface area contributed by atoms with Crippen molar-refractivity contribution in [2.24, 2.45) is 0 Å². The van der Waals surface area contributed by atoms with E-state index in [9.17, 15) is 4.79 Å². The van der Waals surface area contributed by atoms with E-state index in [0.717, 1.165) is 11.1 Å². The van der Waals surface area contributed by atoms with Crippen LogP contribution in [0.25, 0.3) is 5.57 Å². The fourth-order valence-corrected chi connectivity index (χ4v) is 0.908. The lowest BCUT2D eigenvalue weighted by Gasteiger charge is -2.01. The van der Waals surface area contributed by atoms with E-state index in [1.807, 2.05) is 6.92 Å². The zero-order valence-electron chi connectivity index (χ0n) is 7.28. The topological polar surface area (TPSA) is 46.5 Å². The van der Waals surface area contributed by atoms with E-state index < -0.39 is 6.16 Å². The molecule has 0 unspecified atom stereocenters. The van der Waals surface area contributed by atoms with Crippen molar-refractivity contribution in [2.45, 2.75) is 6.92 Å². The van der Waals surface area contributed by atoms with Gasteiger partial charge in [-0.25, -0.2) is 4.79 Å². The molecule has 3 heteroatoms. The van der Waals surface area contributed by atoms with E-state index >= 15 is 0 Å². The molecule has 0 aliphatic rings. The van der Waals surface area contributed by atoms with Gasteiger partial charge in [0.25, 0.3) is 0 Å². The Hall–Kier alpha value is -1.77. The molecule has 1 aromatic rings. The Labute approximate surface area is 76.3 Å². The molecule has 0 bridgehead atoms. The summed E-state index contributed by atoms with van der Waals surface area (Å²) in [6.07, 6.45) is -1.30. The van der Waals surface area contributed by atoms with E-state index in [1.54, 1.807) is 24.3 Å². The maximum atomic E-state index is 10.1. The first-order valence-corrected chi connectivity index (χ1v) is 3.76. The summed E-state index contributed by atoms with van der Waals surface area (Å²) in [5.41, 5.74) is 1.90. The van der Waals surface area contributed by atoms with Gasteiger partial charge in [0.1, 0.15) is 5.75 Å². The standard InChI is InChI=1S/C10H10O3/c1-7(2)8-3-5-9(6-4-8)13-10(11)12/h3-6H,1H2,2H3,(H,11,12). The lowest BCUT2D eigenvalue weighted by Crippen LogP contribution is -2.02. The second-order valence-electron chi connectivity index (χ2n) is 2.67. The summed E-state index contributed by atoms with van der Waals surface area (Å²) in [5, 5.41) is 8.31. The van der Waals surface area contributed by atoms with Gasteiger partial charge in [0.05, 0.1) is 0 Å². The van der Waals surface area contributed by atoms with E-state index in [4.69, 9.17) is 5.11 Å². The Bertz CT molecular complexity index is 325. The van der Waals surface area contributed by atoms with Crippen molar-refractivity contribution in [3.63, 3.8) is 0 Å². The number of hydrogen-bond acceptors (Lipinski definition) is 2. The van der Waals surface area contributed by atoms with Crippen LogP contribution in [0.1, 0.15) is 12.5 Å². The molecule has 0 fully saturated rings. The Morgan fingerprint density at radius 3 is 2.31 bits per heavy atom. The van der Waals surface area contributed by atoms with Crippen LogP contribution in [0.5, 0.6) is 5.75 Å². The van der Waals surface area contributed by atoms with Gasteiger partial charge >= 0.3 is 6.16 Å². The van der Waals surface area contributed by atoms with Gasteiger partial charge in [-0.05, 0) is 24.6 Å². The van der Waals surface area contributed by atoms with Crippen LogP contribution in [0, 0.1) is 0 Å². The van der Waals surface area contributed by atoms with Crippen LogP contribution in [0.4, 0.5) is 4.79 Å². The van der Waals surface area contributed by atoms with Crippen LogP contribution >= 0.6 is 0 Å². The average molecular weight is 178 g/mol. The summed E-state index contributed by atoms with van der Waals surface area (Å²) in [6.45, 7) is 5.64. The smallest absolute Gasteiger partial charge is 0.449 e. The molecule has 0 amide bonds. The van der Waals surface area contributed by atoms with Crippen LogP contribution in [0.2, 0.25) is 0 Å². The van der Waals surface area contributed by atoms with Gasteiger partial charge in [-0.1, -0.05) is 24.3 Å². The predicted molar refractivity (Wildman–Crippen MR) is 49.8 cm³/mol. The van der Waals surface area contributed by atoms with Gasteiger partial charge in [-0.3, -0.25) is 0 Å². The second-order valence-corrected chi connectivity index (χ2v) is 2.67. The molecule has 13 heavy (non-hydrogen) atoms. The molecule has 0 aliphatic heterocycles. The highest BCUT2D eigenvalue weighted by Gasteiger charge is 2.00. The number of hydrogen-bond donors (Lipinski definition) is 1. The van der Waals surface area contributed by atoms with E-state index in [2.05, 4.69) is 11.3 Å². The molecule has 68 valence electrons. The highest BCUT2D eigenvalue weighted by Crippen LogP contribution is 2.16. The molecule has 1 N–H and O–H groups in total. The van der Waals surface area contributed by atoms with Crippen LogP contribution < -0.4 is 4.74 Å². The first kappa shape index (κ1) is 9.32. The maximum absolute atomic E-state index is 10.1. The minimum atomic E-state index is -1.30. The van der Waals surface area contributed by atoms with Crippen molar-refractivity contribution in [2.75, 3.05) is 0 Å². The molecular formula is C10H10O3. The predicted octanol–water partition coefficient (Wildman–Crippen LogP) is 2.78. The summed E-state index contributed by atoms with van der Waals surface area (Å²) >= 11 is 0. The molecule has 1 aromatic carbocycles. The molecular weight excluding hydrogens is 168 g/mol. The van der Waals surface area contributed by atoms with Crippen molar-refractivity contribution in [3.05, 3.63) is 36.4 Å². The van der Waals surface area contributed by atoms with E-state index in [0.29, 0.717) is 5.75 Å². The number of benzene rings is 1. The molecule has 0 radical (unpaired) electrons. The highest BCUT2D eigenvalue weighted by atomic mass is 16.7. The zero-order valence-corrected chi connectivity index (χ0v) is 7.28. The third kappa shape index (κ3) is 2.63. The zero-order chi connectivity index (χ0) is 9.84. The summed E-state index contributed by atoms with van der Waals surface area (Å²) in [7, 11) is 0. The summed E-state index contributed by atoms with van der Waals surface area (Å²) < 4.78 is 4.44. The van der Waals surface area contributed by atoms with Crippen molar-refractivity contribution in [3.8, 4) is 5.75 Å². The number of carbonyl (C=O) groups is 1. The van der Waals surface area contributed by atoms with Gasteiger partial charge in [-0.15, -0.1) is 0 Å². The first-order valence-electron chi connectivity index (χ1n) is 3.76. The average Bonchev–Trinajstić information content (AvgIpc) is 2.04. The first-order chi connectivity index (χ1) is 6.09.